The third-order valence-corrected chi connectivity index (χ3v) is 2.34. The molecule has 14 heavy (non-hydrogen) atoms. The van der Waals surface area contributed by atoms with Crippen LogP contribution in [-0.4, -0.2) is 12.6 Å². The number of ether oxygens (including phenoxy) is 1. The lowest BCUT2D eigenvalue weighted by atomic mass is 9.80. The molecule has 2 heteroatoms. The molecule has 1 aliphatic rings. The van der Waals surface area contributed by atoms with Crippen LogP contribution in [0.2, 0.25) is 0 Å². The highest BCUT2D eigenvalue weighted by Gasteiger charge is 2.28. The summed E-state index contributed by atoms with van der Waals surface area (Å²) < 4.78 is 5.13. The average molecular weight is 194 g/mol. The van der Waals surface area contributed by atoms with Gasteiger partial charge in [-0.25, -0.2) is 4.79 Å². The number of rotatable bonds is 3. The van der Waals surface area contributed by atoms with E-state index in [1.165, 1.54) is 0 Å². The van der Waals surface area contributed by atoms with Crippen molar-refractivity contribution in [2.75, 3.05) is 6.61 Å². The van der Waals surface area contributed by atoms with E-state index in [1.807, 2.05) is 26.8 Å². The van der Waals surface area contributed by atoms with Gasteiger partial charge in [0.2, 0.25) is 0 Å². The van der Waals surface area contributed by atoms with Crippen molar-refractivity contribution in [2.24, 2.45) is 5.41 Å². The van der Waals surface area contributed by atoms with Gasteiger partial charge in [-0.2, -0.15) is 0 Å². The molecular weight excluding hydrogens is 176 g/mol. The van der Waals surface area contributed by atoms with E-state index < -0.39 is 0 Å². The summed E-state index contributed by atoms with van der Waals surface area (Å²) in [6.45, 7) is 6.56. The summed E-state index contributed by atoms with van der Waals surface area (Å²) in [6, 6.07) is 0. The Morgan fingerprint density at radius 3 is 2.86 bits per heavy atom. The van der Waals surface area contributed by atoms with Crippen molar-refractivity contribution in [3.05, 3.63) is 23.8 Å². The van der Waals surface area contributed by atoms with Crippen LogP contribution in [-0.2, 0) is 9.53 Å². The fraction of sp³-hybridized carbons (Fsp3) is 0.583. The Labute approximate surface area is 85.6 Å². The molecule has 1 rings (SSSR count). The number of hydrogen-bond donors (Lipinski definition) is 0. The van der Waals surface area contributed by atoms with Crippen molar-refractivity contribution >= 4 is 5.97 Å². The Kier molecular flexibility index (Phi) is 3.50. The molecule has 0 N–H and O–H groups in total. The summed E-state index contributed by atoms with van der Waals surface area (Å²) in [5.74, 6) is -0.166. The van der Waals surface area contributed by atoms with E-state index in [0.717, 1.165) is 18.4 Å². The zero-order chi connectivity index (χ0) is 10.6. The van der Waals surface area contributed by atoms with E-state index in [0.29, 0.717) is 6.61 Å². The zero-order valence-corrected chi connectivity index (χ0v) is 9.17. The van der Waals surface area contributed by atoms with Gasteiger partial charge in [-0.1, -0.05) is 39.0 Å². The third-order valence-electron chi connectivity index (χ3n) is 2.34. The van der Waals surface area contributed by atoms with Crippen LogP contribution in [0.4, 0.5) is 0 Å². The fourth-order valence-electron chi connectivity index (χ4n) is 1.52. The van der Waals surface area contributed by atoms with Gasteiger partial charge in [-0.15, -0.1) is 0 Å². The minimum atomic E-state index is -0.178. The first kappa shape index (κ1) is 11.0. The first-order chi connectivity index (χ1) is 6.58. The predicted molar refractivity (Wildman–Crippen MR) is 56.9 cm³/mol. The van der Waals surface area contributed by atoms with E-state index in [9.17, 15) is 4.79 Å². The molecule has 0 saturated carbocycles. The summed E-state index contributed by atoms with van der Waals surface area (Å²) >= 11 is 0. The summed E-state index contributed by atoms with van der Waals surface area (Å²) in [5.41, 5.74) is 0.608. The van der Waals surface area contributed by atoms with Crippen molar-refractivity contribution in [1.29, 1.82) is 0 Å². The highest BCUT2D eigenvalue weighted by Crippen LogP contribution is 2.32. The molecule has 0 radical (unpaired) electrons. The molecule has 78 valence electrons. The smallest absolute Gasteiger partial charge is 0.334 e. The number of carbonyl (C=O) groups excluding carboxylic acids is 1. The van der Waals surface area contributed by atoms with Crippen molar-refractivity contribution in [1.82, 2.24) is 0 Å². The molecule has 0 aromatic rings. The van der Waals surface area contributed by atoms with Gasteiger partial charge in [0.1, 0.15) is 0 Å². The second-order valence-electron chi connectivity index (χ2n) is 4.11. The van der Waals surface area contributed by atoms with Gasteiger partial charge in [0.15, 0.2) is 0 Å². The molecule has 0 aromatic carbocycles. The Balaban J connectivity index is 2.67. The van der Waals surface area contributed by atoms with Crippen LogP contribution in [0.15, 0.2) is 23.8 Å². The van der Waals surface area contributed by atoms with Gasteiger partial charge in [0.25, 0.3) is 0 Å². The van der Waals surface area contributed by atoms with Gasteiger partial charge in [0, 0.05) is 11.0 Å². The maximum atomic E-state index is 11.6. The van der Waals surface area contributed by atoms with E-state index in [-0.39, 0.29) is 11.4 Å². The molecule has 0 fully saturated rings. The molecule has 0 aromatic heterocycles. The van der Waals surface area contributed by atoms with E-state index in [4.69, 9.17) is 4.74 Å². The molecule has 0 spiro atoms. The maximum Gasteiger partial charge on any atom is 0.334 e. The van der Waals surface area contributed by atoms with Gasteiger partial charge >= 0.3 is 5.97 Å². The third kappa shape index (κ3) is 2.47. The van der Waals surface area contributed by atoms with E-state index in [1.54, 1.807) is 0 Å². The monoisotopic (exact) mass is 194 g/mol. The normalized spacial score (nSPS) is 18.9. The van der Waals surface area contributed by atoms with Crippen LogP contribution in [0, 0.1) is 5.41 Å². The number of hydrogen-bond acceptors (Lipinski definition) is 2. The molecule has 1 aliphatic carbocycles. The van der Waals surface area contributed by atoms with Crippen LogP contribution < -0.4 is 0 Å². The molecule has 0 aliphatic heterocycles. The largest absolute Gasteiger partial charge is 0.462 e. The number of esters is 1. The van der Waals surface area contributed by atoms with Crippen LogP contribution >= 0.6 is 0 Å². The van der Waals surface area contributed by atoms with Crippen molar-refractivity contribution in [3.63, 3.8) is 0 Å². The van der Waals surface area contributed by atoms with E-state index >= 15 is 0 Å². The SMILES string of the molecule is CCCOC(=O)C1=CCC=CC1(C)C. The quantitative estimate of drug-likeness (QED) is 0.510. The lowest BCUT2D eigenvalue weighted by molar-refractivity contribution is -0.140. The van der Waals surface area contributed by atoms with E-state index in [2.05, 4.69) is 12.2 Å². The predicted octanol–water partition coefficient (Wildman–Crippen LogP) is 2.85. The average Bonchev–Trinajstić information content (AvgIpc) is 2.13. The maximum absolute atomic E-state index is 11.6. The van der Waals surface area contributed by atoms with Crippen molar-refractivity contribution in [3.8, 4) is 0 Å². The minimum absolute atomic E-state index is 0.166. The Morgan fingerprint density at radius 1 is 1.57 bits per heavy atom. The van der Waals surface area contributed by atoms with Gasteiger partial charge in [0.05, 0.1) is 6.61 Å². The number of allylic oxidation sites excluding steroid dienone is 3. The molecular formula is C12H18O2. The van der Waals surface area contributed by atoms with Gasteiger partial charge < -0.3 is 4.74 Å². The fourth-order valence-corrected chi connectivity index (χ4v) is 1.52. The zero-order valence-electron chi connectivity index (χ0n) is 9.17. The summed E-state index contributed by atoms with van der Waals surface area (Å²) in [4.78, 5) is 11.6. The first-order valence-corrected chi connectivity index (χ1v) is 5.13. The highest BCUT2D eigenvalue weighted by atomic mass is 16.5. The molecule has 2 nitrogen and oxygen atoms in total. The molecule has 0 bridgehead atoms. The number of carbonyl (C=O) groups is 1. The van der Waals surface area contributed by atoms with Crippen molar-refractivity contribution in [2.45, 2.75) is 33.6 Å². The van der Waals surface area contributed by atoms with Crippen LogP contribution in [0.25, 0.3) is 0 Å². The lowest BCUT2D eigenvalue weighted by Gasteiger charge is -2.25. The Morgan fingerprint density at radius 2 is 2.29 bits per heavy atom. The highest BCUT2D eigenvalue weighted by molar-refractivity contribution is 5.90. The van der Waals surface area contributed by atoms with Gasteiger partial charge in [-0.05, 0) is 12.8 Å². The van der Waals surface area contributed by atoms with Crippen LogP contribution in [0.5, 0.6) is 0 Å². The van der Waals surface area contributed by atoms with Crippen molar-refractivity contribution < 1.29 is 9.53 Å². The summed E-state index contributed by atoms with van der Waals surface area (Å²) in [5, 5.41) is 0. The molecule has 0 atom stereocenters. The Hall–Kier alpha value is -1.05. The Bertz CT molecular complexity index is 272. The second kappa shape index (κ2) is 4.45. The van der Waals surface area contributed by atoms with Crippen LogP contribution in [0.3, 0.4) is 0 Å². The topological polar surface area (TPSA) is 26.3 Å². The van der Waals surface area contributed by atoms with Gasteiger partial charge in [-0.3, -0.25) is 0 Å². The first-order valence-electron chi connectivity index (χ1n) is 5.13. The summed E-state index contributed by atoms with van der Waals surface area (Å²) in [6.07, 6.45) is 7.80. The minimum Gasteiger partial charge on any atom is -0.462 e. The second-order valence-corrected chi connectivity index (χ2v) is 4.11. The molecule has 0 heterocycles. The molecule has 0 unspecified atom stereocenters. The summed E-state index contributed by atoms with van der Waals surface area (Å²) in [7, 11) is 0. The lowest BCUT2D eigenvalue weighted by Crippen LogP contribution is -2.23. The molecule has 0 saturated heterocycles. The standard InChI is InChI=1S/C12H18O2/c1-4-9-14-11(13)10-7-5-6-8-12(10,2)3/h6-8H,4-5,9H2,1-3H3. The molecule has 0 amide bonds. The van der Waals surface area contributed by atoms with Crippen LogP contribution in [0.1, 0.15) is 33.6 Å².